The van der Waals surface area contributed by atoms with Crippen molar-refractivity contribution in [3.63, 3.8) is 0 Å². The van der Waals surface area contributed by atoms with E-state index >= 15 is 0 Å². The fourth-order valence-electron chi connectivity index (χ4n) is 1.27. The first kappa shape index (κ1) is 11.3. The quantitative estimate of drug-likeness (QED) is 0.853. The maximum absolute atomic E-state index is 11.3. The van der Waals surface area contributed by atoms with E-state index in [0.29, 0.717) is 5.82 Å². The Balaban J connectivity index is 2.20. The number of nitrogens with one attached hydrogen (secondary N) is 1. The summed E-state index contributed by atoms with van der Waals surface area (Å²) in [6, 6.07) is 1.49. The molecule has 0 aromatic carbocycles. The first-order chi connectivity index (χ1) is 7.65. The van der Waals surface area contributed by atoms with E-state index in [2.05, 4.69) is 15.0 Å². The van der Waals surface area contributed by atoms with Gasteiger partial charge in [0.1, 0.15) is 10.2 Å². The molecule has 2 aromatic rings. The number of rotatable bonds is 3. The molecule has 0 saturated heterocycles. The van der Waals surface area contributed by atoms with Crippen LogP contribution in [0.5, 0.6) is 0 Å². The predicted molar refractivity (Wildman–Crippen MR) is 66.0 cm³/mol. The van der Waals surface area contributed by atoms with Crippen LogP contribution in [0.1, 0.15) is 23.7 Å². The third-order valence-electron chi connectivity index (χ3n) is 1.96. The molecule has 2 rings (SSSR count). The molecule has 2 heterocycles. The van der Waals surface area contributed by atoms with Gasteiger partial charge in [-0.3, -0.25) is 4.79 Å². The second kappa shape index (κ2) is 4.80. The van der Waals surface area contributed by atoms with Crippen LogP contribution in [0.15, 0.2) is 26.8 Å². The Morgan fingerprint density at radius 2 is 2.38 bits per heavy atom. The third kappa shape index (κ3) is 2.70. The molecule has 84 valence electrons. The molecule has 0 fully saturated rings. The lowest BCUT2D eigenvalue weighted by atomic mass is 10.4. The molecule has 2 aromatic heterocycles. The van der Waals surface area contributed by atoms with Crippen molar-refractivity contribution in [1.29, 1.82) is 0 Å². The molecule has 0 spiro atoms. The van der Waals surface area contributed by atoms with Crippen molar-refractivity contribution in [3.05, 3.63) is 39.5 Å². The number of aromatic nitrogens is 3. The van der Waals surface area contributed by atoms with Crippen LogP contribution < -0.4 is 5.56 Å². The van der Waals surface area contributed by atoms with Gasteiger partial charge in [0.05, 0.1) is 5.25 Å². The number of nitrogens with zero attached hydrogens (tertiary/aromatic N) is 2. The van der Waals surface area contributed by atoms with Crippen molar-refractivity contribution in [2.75, 3.05) is 0 Å². The number of thiazole rings is 1. The average Bonchev–Trinajstić information content (AvgIpc) is 2.68. The van der Waals surface area contributed by atoms with Gasteiger partial charge in [0.15, 0.2) is 0 Å². The van der Waals surface area contributed by atoms with Gasteiger partial charge in [0.25, 0.3) is 5.56 Å². The molecule has 16 heavy (non-hydrogen) atoms. The summed E-state index contributed by atoms with van der Waals surface area (Å²) >= 11 is 3.18. The molecule has 0 radical (unpaired) electrons. The normalized spacial score (nSPS) is 12.6. The topological polar surface area (TPSA) is 58.6 Å². The Kier molecular flexibility index (Phi) is 3.40. The van der Waals surface area contributed by atoms with Crippen molar-refractivity contribution in [3.8, 4) is 0 Å². The number of hydrogen-bond donors (Lipinski definition) is 1. The molecule has 0 aliphatic rings. The fourth-order valence-corrected chi connectivity index (χ4v) is 3.10. The minimum absolute atomic E-state index is 0.0961. The fraction of sp³-hybridized carbons (Fsp3) is 0.300. The van der Waals surface area contributed by atoms with Crippen LogP contribution in [-0.2, 0) is 0 Å². The Morgan fingerprint density at radius 1 is 1.56 bits per heavy atom. The van der Waals surface area contributed by atoms with Gasteiger partial charge in [0, 0.05) is 23.3 Å². The first-order valence-corrected chi connectivity index (χ1v) is 6.55. The Morgan fingerprint density at radius 3 is 3.00 bits per heavy atom. The van der Waals surface area contributed by atoms with Crippen molar-refractivity contribution in [1.82, 2.24) is 15.0 Å². The zero-order valence-corrected chi connectivity index (χ0v) is 10.6. The van der Waals surface area contributed by atoms with Gasteiger partial charge >= 0.3 is 0 Å². The Bertz CT molecular complexity index is 521. The smallest absolute Gasteiger partial charge is 0.251 e. The Labute approximate surface area is 101 Å². The second-order valence-corrected chi connectivity index (χ2v) is 5.81. The number of aromatic amines is 1. The standard InChI is InChI=1S/C10H11N3OS2/c1-6-5-8(14)13-9(12-6)7(2)16-10-11-3-4-15-10/h3-5,7H,1-2H3,(H,12,13,14)/t7-/m0/s1. The predicted octanol–water partition coefficient (Wildman–Crippen LogP) is 2.39. The maximum atomic E-state index is 11.3. The van der Waals surface area contributed by atoms with Crippen LogP contribution in [0, 0.1) is 6.92 Å². The summed E-state index contributed by atoms with van der Waals surface area (Å²) in [4.78, 5) is 22.6. The lowest BCUT2D eigenvalue weighted by Gasteiger charge is -2.08. The van der Waals surface area contributed by atoms with Gasteiger partial charge in [-0.1, -0.05) is 11.8 Å². The summed E-state index contributed by atoms with van der Waals surface area (Å²) < 4.78 is 0.983. The zero-order valence-electron chi connectivity index (χ0n) is 8.93. The summed E-state index contributed by atoms with van der Waals surface area (Å²) in [6.07, 6.45) is 1.77. The number of H-pyrrole nitrogens is 1. The van der Waals surface area contributed by atoms with E-state index in [1.807, 2.05) is 19.2 Å². The Hall–Kier alpha value is -1.14. The van der Waals surface area contributed by atoms with Crippen LogP contribution in [0.25, 0.3) is 0 Å². The molecule has 1 N–H and O–H groups in total. The molecule has 4 nitrogen and oxygen atoms in total. The van der Waals surface area contributed by atoms with E-state index in [1.54, 1.807) is 29.3 Å². The highest BCUT2D eigenvalue weighted by atomic mass is 32.2. The molecule has 0 amide bonds. The van der Waals surface area contributed by atoms with E-state index in [-0.39, 0.29) is 10.8 Å². The minimum Gasteiger partial charge on any atom is -0.310 e. The second-order valence-electron chi connectivity index (χ2n) is 3.33. The van der Waals surface area contributed by atoms with Crippen molar-refractivity contribution in [2.24, 2.45) is 0 Å². The summed E-state index contributed by atoms with van der Waals surface area (Å²) in [5.41, 5.74) is 0.638. The van der Waals surface area contributed by atoms with Crippen LogP contribution in [0.4, 0.5) is 0 Å². The lowest BCUT2D eigenvalue weighted by Crippen LogP contribution is -2.12. The molecular formula is C10H11N3OS2. The first-order valence-electron chi connectivity index (χ1n) is 4.79. The van der Waals surface area contributed by atoms with E-state index < -0.39 is 0 Å². The van der Waals surface area contributed by atoms with Gasteiger partial charge in [-0.15, -0.1) is 11.3 Å². The zero-order chi connectivity index (χ0) is 11.5. The average molecular weight is 253 g/mol. The van der Waals surface area contributed by atoms with Crippen molar-refractivity contribution >= 4 is 23.1 Å². The third-order valence-corrected chi connectivity index (χ3v) is 3.99. The van der Waals surface area contributed by atoms with Gasteiger partial charge in [-0.2, -0.15) is 0 Å². The SMILES string of the molecule is Cc1cc(=O)[nH]c([C@H](C)Sc2nccs2)n1. The number of aryl methyl sites for hydroxylation is 1. The molecule has 0 aliphatic carbocycles. The molecule has 0 unspecified atom stereocenters. The summed E-state index contributed by atoms with van der Waals surface area (Å²) in [7, 11) is 0. The highest BCUT2D eigenvalue weighted by Gasteiger charge is 2.11. The molecule has 0 saturated carbocycles. The van der Waals surface area contributed by atoms with E-state index in [4.69, 9.17) is 0 Å². The van der Waals surface area contributed by atoms with Crippen LogP contribution >= 0.6 is 23.1 Å². The van der Waals surface area contributed by atoms with Gasteiger partial charge < -0.3 is 4.98 Å². The van der Waals surface area contributed by atoms with Crippen LogP contribution in [-0.4, -0.2) is 15.0 Å². The van der Waals surface area contributed by atoms with Crippen molar-refractivity contribution < 1.29 is 0 Å². The lowest BCUT2D eigenvalue weighted by molar-refractivity contribution is 0.881. The van der Waals surface area contributed by atoms with E-state index in [9.17, 15) is 4.79 Å². The van der Waals surface area contributed by atoms with E-state index in [0.717, 1.165) is 10.0 Å². The molecule has 0 bridgehead atoms. The molecular weight excluding hydrogens is 242 g/mol. The van der Waals surface area contributed by atoms with E-state index in [1.165, 1.54) is 6.07 Å². The number of thioether (sulfide) groups is 1. The molecule has 1 atom stereocenters. The van der Waals surface area contributed by atoms with Crippen LogP contribution in [0.3, 0.4) is 0 Å². The van der Waals surface area contributed by atoms with Gasteiger partial charge in [0.2, 0.25) is 0 Å². The minimum atomic E-state index is -0.103. The monoisotopic (exact) mass is 253 g/mol. The van der Waals surface area contributed by atoms with Crippen molar-refractivity contribution in [2.45, 2.75) is 23.4 Å². The summed E-state index contributed by atoms with van der Waals surface area (Å²) in [5.74, 6) is 0.699. The van der Waals surface area contributed by atoms with Gasteiger partial charge in [-0.25, -0.2) is 9.97 Å². The summed E-state index contributed by atoms with van der Waals surface area (Å²) in [6.45, 7) is 3.82. The number of hydrogen-bond acceptors (Lipinski definition) is 5. The highest BCUT2D eigenvalue weighted by Crippen LogP contribution is 2.33. The largest absolute Gasteiger partial charge is 0.310 e. The molecule has 6 heteroatoms. The van der Waals surface area contributed by atoms with Gasteiger partial charge in [-0.05, 0) is 13.8 Å². The maximum Gasteiger partial charge on any atom is 0.251 e. The van der Waals surface area contributed by atoms with Crippen LogP contribution in [0.2, 0.25) is 0 Å². The summed E-state index contributed by atoms with van der Waals surface area (Å²) in [5, 5.41) is 2.03. The highest BCUT2D eigenvalue weighted by molar-refractivity contribution is 8.01. The molecule has 0 aliphatic heterocycles.